The molecule has 0 spiro atoms. The lowest BCUT2D eigenvalue weighted by Crippen LogP contribution is -2.50. The van der Waals surface area contributed by atoms with E-state index in [1.54, 1.807) is 0 Å². The van der Waals surface area contributed by atoms with Gasteiger partial charge in [0.15, 0.2) is 12.1 Å². The Kier molecular flexibility index (Phi) is 3.07. The largest absolute Gasteiger partial charge is 0.394 e. The molecule has 2 aliphatic heterocycles. The van der Waals surface area contributed by atoms with Crippen LogP contribution in [0.3, 0.4) is 0 Å². The molecule has 0 aromatic carbocycles. The standard InChI is InChI=1S/C11H18O5/c1-6-8-9(16-11(2,3)15-8)7(5-12)14-10(6)13-4/h7-10,12H,1,5H2,2-4H3/t7-,8+,9-,10-/m0/s1. The molecule has 0 radical (unpaired) electrons. The first-order valence-corrected chi connectivity index (χ1v) is 5.32. The van der Waals surface area contributed by atoms with Gasteiger partial charge in [-0.3, -0.25) is 0 Å². The fraction of sp³-hybridized carbons (Fsp3) is 0.818. The van der Waals surface area contributed by atoms with E-state index >= 15 is 0 Å². The van der Waals surface area contributed by atoms with Gasteiger partial charge in [-0.05, 0) is 13.8 Å². The maximum Gasteiger partial charge on any atom is 0.182 e. The molecule has 92 valence electrons. The molecule has 0 saturated carbocycles. The summed E-state index contributed by atoms with van der Waals surface area (Å²) in [5.41, 5.74) is 0.697. The van der Waals surface area contributed by atoms with Gasteiger partial charge < -0.3 is 24.1 Å². The Bertz CT molecular complexity index is 288. The van der Waals surface area contributed by atoms with Crippen molar-refractivity contribution in [2.24, 2.45) is 0 Å². The van der Waals surface area contributed by atoms with E-state index in [-0.39, 0.29) is 18.8 Å². The Morgan fingerprint density at radius 3 is 2.69 bits per heavy atom. The van der Waals surface area contributed by atoms with Crippen LogP contribution in [0.2, 0.25) is 0 Å². The lowest BCUT2D eigenvalue weighted by molar-refractivity contribution is -0.204. The van der Waals surface area contributed by atoms with Gasteiger partial charge in [0, 0.05) is 12.7 Å². The summed E-state index contributed by atoms with van der Waals surface area (Å²) in [6.45, 7) is 7.43. The van der Waals surface area contributed by atoms with Crippen molar-refractivity contribution >= 4 is 0 Å². The predicted octanol–water partition coefficient (Wildman–Crippen LogP) is 0.426. The molecular formula is C11H18O5. The van der Waals surface area contributed by atoms with Crippen LogP contribution in [0.15, 0.2) is 12.2 Å². The van der Waals surface area contributed by atoms with Crippen molar-refractivity contribution in [1.29, 1.82) is 0 Å². The van der Waals surface area contributed by atoms with Gasteiger partial charge in [-0.15, -0.1) is 0 Å². The fourth-order valence-corrected chi connectivity index (χ4v) is 2.16. The fourth-order valence-electron chi connectivity index (χ4n) is 2.16. The van der Waals surface area contributed by atoms with E-state index in [2.05, 4.69) is 6.58 Å². The molecular weight excluding hydrogens is 212 g/mol. The Hall–Kier alpha value is -0.460. The molecule has 0 aromatic heterocycles. The summed E-state index contributed by atoms with van der Waals surface area (Å²) in [5, 5.41) is 9.26. The van der Waals surface area contributed by atoms with E-state index in [4.69, 9.17) is 18.9 Å². The molecule has 0 amide bonds. The summed E-state index contributed by atoms with van der Waals surface area (Å²) in [5.74, 6) is -0.683. The lowest BCUT2D eigenvalue weighted by atomic mass is 9.98. The minimum absolute atomic E-state index is 0.131. The molecule has 5 nitrogen and oxygen atoms in total. The van der Waals surface area contributed by atoms with E-state index in [0.29, 0.717) is 5.57 Å². The first-order valence-electron chi connectivity index (χ1n) is 5.32. The quantitative estimate of drug-likeness (QED) is 0.697. The highest BCUT2D eigenvalue weighted by Gasteiger charge is 2.51. The number of aliphatic hydroxyl groups is 1. The zero-order valence-electron chi connectivity index (χ0n) is 9.80. The highest BCUT2D eigenvalue weighted by molar-refractivity contribution is 5.16. The second kappa shape index (κ2) is 4.09. The van der Waals surface area contributed by atoms with Gasteiger partial charge in [0.25, 0.3) is 0 Å². The Morgan fingerprint density at radius 2 is 2.12 bits per heavy atom. The lowest BCUT2D eigenvalue weighted by Gasteiger charge is -2.36. The van der Waals surface area contributed by atoms with E-state index in [1.807, 2.05) is 13.8 Å². The van der Waals surface area contributed by atoms with Crippen molar-refractivity contribution in [2.75, 3.05) is 13.7 Å². The summed E-state index contributed by atoms with van der Waals surface area (Å²) < 4.78 is 22.1. The molecule has 2 saturated heterocycles. The number of methoxy groups -OCH3 is 1. The van der Waals surface area contributed by atoms with Crippen LogP contribution in [0.1, 0.15) is 13.8 Å². The van der Waals surface area contributed by atoms with Crippen LogP contribution in [0.4, 0.5) is 0 Å². The molecule has 2 aliphatic rings. The Balaban J connectivity index is 2.21. The summed E-state index contributed by atoms with van der Waals surface area (Å²) in [6.07, 6.45) is -1.59. The molecule has 2 heterocycles. The highest BCUT2D eigenvalue weighted by Crippen LogP contribution is 2.39. The van der Waals surface area contributed by atoms with Crippen LogP contribution in [-0.4, -0.2) is 49.2 Å². The number of rotatable bonds is 2. The van der Waals surface area contributed by atoms with Gasteiger partial charge in [-0.2, -0.15) is 0 Å². The van der Waals surface area contributed by atoms with Gasteiger partial charge >= 0.3 is 0 Å². The Labute approximate surface area is 94.9 Å². The summed E-state index contributed by atoms with van der Waals surface area (Å²) in [4.78, 5) is 0. The molecule has 0 aliphatic carbocycles. The maximum atomic E-state index is 9.26. The summed E-state index contributed by atoms with van der Waals surface area (Å²) >= 11 is 0. The average molecular weight is 230 g/mol. The second-order valence-electron chi connectivity index (χ2n) is 4.52. The summed E-state index contributed by atoms with van der Waals surface area (Å²) in [6, 6.07) is 0. The molecule has 4 atom stereocenters. The minimum Gasteiger partial charge on any atom is -0.394 e. The van der Waals surface area contributed by atoms with Crippen molar-refractivity contribution in [1.82, 2.24) is 0 Å². The average Bonchev–Trinajstić information content (AvgIpc) is 2.55. The van der Waals surface area contributed by atoms with Crippen LogP contribution in [0.25, 0.3) is 0 Å². The van der Waals surface area contributed by atoms with Crippen molar-refractivity contribution in [3.05, 3.63) is 12.2 Å². The van der Waals surface area contributed by atoms with Gasteiger partial charge in [0.05, 0.1) is 6.61 Å². The second-order valence-corrected chi connectivity index (χ2v) is 4.52. The normalized spacial score (nSPS) is 42.1. The summed E-state index contributed by atoms with van der Waals surface area (Å²) in [7, 11) is 1.53. The van der Waals surface area contributed by atoms with E-state index in [9.17, 15) is 5.11 Å². The molecule has 0 unspecified atom stereocenters. The molecule has 0 bridgehead atoms. The maximum absolute atomic E-state index is 9.26. The van der Waals surface area contributed by atoms with Gasteiger partial charge in [0.2, 0.25) is 0 Å². The first kappa shape index (κ1) is 12.0. The number of ether oxygens (including phenoxy) is 4. The van der Waals surface area contributed by atoms with Gasteiger partial charge in [0.1, 0.15) is 18.3 Å². The molecule has 5 heteroatoms. The minimum atomic E-state index is -0.683. The Morgan fingerprint density at radius 1 is 1.44 bits per heavy atom. The molecule has 1 N–H and O–H groups in total. The first-order chi connectivity index (χ1) is 7.48. The van der Waals surface area contributed by atoms with Crippen LogP contribution < -0.4 is 0 Å². The zero-order valence-corrected chi connectivity index (χ0v) is 9.80. The number of aliphatic hydroxyl groups excluding tert-OH is 1. The highest BCUT2D eigenvalue weighted by atomic mass is 16.8. The van der Waals surface area contributed by atoms with Crippen molar-refractivity contribution in [2.45, 2.75) is 44.2 Å². The van der Waals surface area contributed by atoms with Crippen molar-refractivity contribution in [3.63, 3.8) is 0 Å². The number of fused-ring (bicyclic) bond motifs is 1. The topological polar surface area (TPSA) is 57.2 Å². The van der Waals surface area contributed by atoms with Gasteiger partial charge in [-0.25, -0.2) is 0 Å². The SMILES string of the molecule is C=C1[C@@H](OC)O[C@@H](CO)[C@@H]2OC(C)(C)O[C@H]12. The molecule has 2 rings (SSSR count). The van der Waals surface area contributed by atoms with Crippen LogP contribution in [0.5, 0.6) is 0 Å². The smallest absolute Gasteiger partial charge is 0.182 e. The van der Waals surface area contributed by atoms with E-state index in [1.165, 1.54) is 7.11 Å². The molecule has 0 aromatic rings. The third-order valence-corrected chi connectivity index (χ3v) is 2.86. The van der Waals surface area contributed by atoms with E-state index in [0.717, 1.165) is 0 Å². The third kappa shape index (κ3) is 1.89. The van der Waals surface area contributed by atoms with Crippen LogP contribution >= 0.6 is 0 Å². The van der Waals surface area contributed by atoms with Crippen LogP contribution in [-0.2, 0) is 18.9 Å². The molecule has 2 fully saturated rings. The van der Waals surface area contributed by atoms with Gasteiger partial charge in [-0.1, -0.05) is 6.58 Å². The third-order valence-electron chi connectivity index (χ3n) is 2.86. The van der Waals surface area contributed by atoms with E-state index < -0.39 is 18.2 Å². The van der Waals surface area contributed by atoms with Crippen molar-refractivity contribution < 1.29 is 24.1 Å². The zero-order chi connectivity index (χ0) is 11.9. The number of hydrogen-bond acceptors (Lipinski definition) is 5. The number of hydrogen-bond donors (Lipinski definition) is 1. The predicted molar refractivity (Wildman–Crippen MR) is 55.7 cm³/mol. The van der Waals surface area contributed by atoms with Crippen LogP contribution in [0, 0.1) is 0 Å². The van der Waals surface area contributed by atoms with Crippen molar-refractivity contribution in [3.8, 4) is 0 Å². The monoisotopic (exact) mass is 230 g/mol. The molecule has 16 heavy (non-hydrogen) atoms.